The van der Waals surface area contributed by atoms with Gasteiger partial charge in [0.05, 0.1) is 17.1 Å². The Bertz CT molecular complexity index is 780. The van der Waals surface area contributed by atoms with E-state index in [0.29, 0.717) is 18.7 Å². The maximum atomic E-state index is 13.3. The zero-order valence-electron chi connectivity index (χ0n) is 13.0. The first-order chi connectivity index (χ1) is 11.6. The topological polar surface area (TPSA) is 63.1 Å². The van der Waals surface area contributed by atoms with Crippen LogP contribution in [0.2, 0.25) is 5.02 Å². The van der Waals surface area contributed by atoms with E-state index in [1.54, 1.807) is 17.3 Å². The Morgan fingerprint density at radius 3 is 2.96 bits per heavy atom. The highest BCUT2D eigenvalue weighted by Crippen LogP contribution is 2.29. The second kappa shape index (κ2) is 6.14. The average molecular weight is 350 g/mol. The van der Waals surface area contributed by atoms with Crippen molar-refractivity contribution in [1.82, 2.24) is 20.1 Å². The summed E-state index contributed by atoms with van der Waals surface area (Å²) >= 11 is 5.83. The van der Waals surface area contributed by atoms with Gasteiger partial charge in [0, 0.05) is 18.8 Å². The summed E-state index contributed by atoms with van der Waals surface area (Å²) in [5.41, 5.74) is 0.627. The monoisotopic (exact) mass is 349 g/mol. The van der Waals surface area contributed by atoms with Crippen LogP contribution in [0.25, 0.3) is 0 Å². The molecule has 126 valence electrons. The minimum absolute atomic E-state index is 0.0192. The number of halogens is 2. The number of hydrogen-bond acceptors (Lipinski definition) is 4. The summed E-state index contributed by atoms with van der Waals surface area (Å²) in [6.45, 7) is 1.45. The van der Waals surface area contributed by atoms with Crippen LogP contribution >= 0.6 is 11.6 Å². The Kier molecular flexibility index (Phi) is 3.97. The Balaban J connectivity index is 1.49. The maximum absolute atomic E-state index is 13.3. The Hall–Kier alpha value is -1.99. The number of rotatable bonds is 3. The molecular formula is C16H17ClFN5O. The number of fused-ring (bicyclic) bond motifs is 1. The van der Waals surface area contributed by atoms with Crippen molar-refractivity contribution in [3.05, 3.63) is 41.2 Å². The molecule has 1 aromatic carbocycles. The normalized spacial score (nSPS) is 23.6. The molecule has 4 rings (SSSR count). The smallest absolute Gasteiger partial charge is 0.244 e. The van der Waals surface area contributed by atoms with Crippen molar-refractivity contribution >= 4 is 23.2 Å². The first kappa shape index (κ1) is 15.5. The van der Waals surface area contributed by atoms with Crippen molar-refractivity contribution in [3.63, 3.8) is 0 Å². The van der Waals surface area contributed by atoms with Gasteiger partial charge in [0.15, 0.2) is 0 Å². The van der Waals surface area contributed by atoms with Crippen LogP contribution in [0.3, 0.4) is 0 Å². The van der Waals surface area contributed by atoms with Crippen LogP contribution in [0.1, 0.15) is 31.1 Å². The van der Waals surface area contributed by atoms with Gasteiger partial charge in [-0.2, -0.15) is 5.10 Å². The number of amides is 1. The fourth-order valence-corrected chi connectivity index (χ4v) is 3.61. The standard InChI is InChI=1S/C16H17ClFN5O/c17-11-8-10(3-4-12(11)18)22-7-5-14(16(22)24)21-13-2-1-6-23-15(13)19-9-20-23/h3-4,8-9,13-14,21H,1-2,5-7H2/t13-,14-/m1/s1. The number of anilines is 1. The molecule has 2 aliphatic rings. The van der Waals surface area contributed by atoms with E-state index >= 15 is 0 Å². The third-order valence-electron chi connectivity index (χ3n) is 4.64. The molecule has 0 spiro atoms. The average Bonchev–Trinajstić information content (AvgIpc) is 3.18. The summed E-state index contributed by atoms with van der Waals surface area (Å²) in [6.07, 6.45) is 4.19. The summed E-state index contributed by atoms with van der Waals surface area (Å²) in [6, 6.07) is 4.12. The van der Waals surface area contributed by atoms with Gasteiger partial charge < -0.3 is 4.90 Å². The molecule has 6 nitrogen and oxygen atoms in total. The summed E-state index contributed by atoms with van der Waals surface area (Å²) in [4.78, 5) is 18.7. The minimum Gasteiger partial charge on any atom is -0.311 e. The van der Waals surface area contributed by atoms with E-state index in [4.69, 9.17) is 11.6 Å². The van der Waals surface area contributed by atoms with Crippen LogP contribution in [-0.2, 0) is 11.3 Å². The summed E-state index contributed by atoms with van der Waals surface area (Å²) in [7, 11) is 0. The lowest BCUT2D eigenvalue weighted by molar-refractivity contribution is -0.119. The third kappa shape index (κ3) is 2.67. The molecule has 0 radical (unpaired) electrons. The molecule has 2 aromatic rings. The number of nitrogens with one attached hydrogen (secondary N) is 1. The molecule has 8 heteroatoms. The van der Waals surface area contributed by atoms with Gasteiger partial charge in [-0.3, -0.25) is 10.1 Å². The van der Waals surface area contributed by atoms with Gasteiger partial charge in [0.2, 0.25) is 5.91 Å². The van der Waals surface area contributed by atoms with E-state index in [0.717, 1.165) is 25.2 Å². The van der Waals surface area contributed by atoms with E-state index < -0.39 is 5.82 Å². The van der Waals surface area contributed by atoms with E-state index in [2.05, 4.69) is 15.4 Å². The van der Waals surface area contributed by atoms with Gasteiger partial charge in [0.1, 0.15) is 18.0 Å². The van der Waals surface area contributed by atoms with Crippen LogP contribution in [0.15, 0.2) is 24.5 Å². The molecular weight excluding hydrogens is 333 g/mol. The lowest BCUT2D eigenvalue weighted by atomic mass is 10.1. The number of aryl methyl sites for hydroxylation is 1. The number of nitrogens with zero attached hydrogens (tertiary/aromatic N) is 4. The fraction of sp³-hybridized carbons (Fsp3) is 0.438. The van der Waals surface area contributed by atoms with Crippen LogP contribution in [0, 0.1) is 5.82 Å². The molecule has 0 unspecified atom stereocenters. The SMILES string of the molecule is O=C1[C@H](N[C@@H]2CCCn3ncnc32)CCN1c1ccc(F)c(Cl)c1. The van der Waals surface area contributed by atoms with Gasteiger partial charge in [-0.1, -0.05) is 11.6 Å². The molecule has 0 saturated carbocycles. The quantitative estimate of drug-likeness (QED) is 0.923. The number of hydrogen-bond donors (Lipinski definition) is 1. The van der Waals surface area contributed by atoms with Crippen molar-refractivity contribution < 1.29 is 9.18 Å². The van der Waals surface area contributed by atoms with Gasteiger partial charge in [0.25, 0.3) is 0 Å². The molecule has 3 heterocycles. The van der Waals surface area contributed by atoms with Crippen LogP contribution in [-0.4, -0.2) is 33.3 Å². The maximum Gasteiger partial charge on any atom is 0.244 e. The second-order valence-electron chi connectivity index (χ2n) is 6.13. The van der Waals surface area contributed by atoms with E-state index in [9.17, 15) is 9.18 Å². The molecule has 24 heavy (non-hydrogen) atoms. The molecule has 1 saturated heterocycles. The number of carbonyl (C=O) groups excluding carboxylic acids is 1. The highest BCUT2D eigenvalue weighted by atomic mass is 35.5. The predicted molar refractivity (Wildman–Crippen MR) is 87.3 cm³/mol. The van der Waals surface area contributed by atoms with Gasteiger partial charge in [-0.25, -0.2) is 14.1 Å². The summed E-state index contributed by atoms with van der Waals surface area (Å²) in [5.74, 6) is 0.384. The minimum atomic E-state index is -0.483. The first-order valence-electron chi connectivity index (χ1n) is 8.03. The lowest BCUT2D eigenvalue weighted by Crippen LogP contribution is -2.42. The molecule has 1 aromatic heterocycles. The summed E-state index contributed by atoms with van der Waals surface area (Å²) < 4.78 is 15.2. The van der Waals surface area contributed by atoms with Crippen molar-refractivity contribution in [2.45, 2.75) is 37.9 Å². The predicted octanol–water partition coefficient (Wildman–Crippen LogP) is 2.30. The van der Waals surface area contributed by atoms with Gasteiger partial charge in [-0.15, -0.1) is 0 Å². The largest absolute Gasteiger partial charge is 0.311 e. The fourth-order valence-electron chi connectivity index (χ4n) is 3.43. The van der Waals surface area contributed by atoms with Gasteiger partial charge >= 0.3 is 0 Å². The van der Waals surface area contributed by atoms with E-state index in [1.807, 2.05) is 4.68 Å². The Morgan fingerprint density at radius 2 is 2.12 bits per heavy atom. The van der Waals surface area contributed by atoms with E-state index in [-0.39, 0.29) is 23.0 Å². The lowest BCUT2D eigenvalue weighted by Gasteiger charge is -2.26. The van der Waals surface area contributed by atoms with Crippen molar-refractivity contribution in [2.75, 3.05) is 11.4 Å². The molecule has 0 aliphatic carbocycles. The molecule has 1 fully saturated rings. The second-order valence-corrected chi connectivity index (χ2v) is 6.54. The molecule has 2 atom stereocenters. The number of benzene rings is 1. The molecule has 0 bridgehead atoms. The zero-order chi connectivity index (χ0) is 16.7. The van der Waals surface area contributed by atoms with Gasteiger partial charge in [-0.05, 0) is 37.5 Å². The van der Waals surface area contributed by atoms with Crippen molar-refractivity contribution in [1.29, 1.82) is 0 Å². The third-order valence-corrected chi connectivity index (χ3v) is 4.93. The van der Waals surface area contributed by atoms with E-state index in [1.165, 1.54) is 12.1 Å². The molecule has 1 amide bonds. The highest BCUT2D eigenvalue weighted by Gasteiger charge is 2.35. The number of aromatic nitrogens is 3. The molecule has 2 aliphatic heterocycles. The molecule has 1 N–H and O–H groups in total. The highest BCUT2D eigenvalue weighted by molar-refractivity contribution is 6.31. The van der Waals surface area contributed by atoms with Crippen LogP contribution in [0.5, 0.6) is 0 Å². The van der Waals surface area contributed by atoms with Crippen molar-refractivity contribution in [2.24, 2.45) is 0 Å². The Labute approximate surface area is 143 Å². The first-order valence-corrected chi connectivity index (χ1v) is 8.41. The Morgan fingerprint density at radius 1 is 1.25 bits per heavy atom. The van der Waals surface area contributed by atoms with Crippen LogP contribution < -0.4 is 10.2 Å². The zero-order valence-corrected chi connectivity index (χ0v) is 13.7. The number of carbonyl (C=O) groups is 1. The van der Waals surface area contributed by atoms with Crippen LogP contribution in [0.4, 0.5) is 10.1 Å². The van der Waals surface area contributed by atoms with Crippen molar-refractivity contribution in [3.8, 4) is 0 Å². The summed E-state index contributed by atoms with van der Waals surface area (Å²) in [5, 5.41) is 7.64.